The van der Waals surface area contributed by atoms with Gasteiger partial charge in [-0.1, -0.05) is 0 Å². The molecule has 1 aromatic heterocycles. The van der Waals surface area contributed by atoms with Crippen molar-refractivity contribution in [3.63, 3.8) is 0 Å². The highest BCUT2D eigenvalue weighted by atomic mass is 32.1. The van der Waals surface area contributed by atoms with Gasteiger partial charge in [-0.3, -0.25) is 4.79 Å². The van der Waals surface area contributed by atoms with E-state index >= 15 is 0 Å². The molecule has 1 aliphatic heterocycles. The monoisotopic (exact) mass is 283 g/mol. The third-order valence-electron chi connectivity index (χ3n) is 3.55. The van der Waals surface area contributed by atoms with Crippen LogP contribution in [-0.2, 0) is 16.0 Å². The van der Waals surface area contributed by atoms with Crippen LogP contribution in [0.5, 0.6) is 0 Å². The summed E-state index contributed by atoms with van der Waals surface area (Å²) in [5, 5.41) is 22.7. The Morgan fingerprint density at radius 3 is 2.58 bits per heavy atom. The van der Waals surface area contributed by atoms with Crippen molar-refractivity contribution < 1.29 is 19.8 Å². The molecule has 0 bridgehead atoms. The number of rotatable bonds is 4. The number of amides is 1. The largest absolute Gasteiger partial charge is 0.479 e. The second-order valence-electron chi connectivity index (χ2n) is 4.85. The van der Waals surface area contributed by atoms with Crippen molar-refractivity contribution in [2.75, 3.05) is 13.1 Å². The first-order valence-electron chi connectivity index (χ1n) is 6.26. The van der Waals surface area contributed by atoms with Crippen LogP contribution in [0.1, 0.15) is 24.8 Å². The lowest BCUT2D eigenvalue weighted by Gasteiger charge is -2.35. The molecule has 1 amide bonds. The number of aliphatic hydroxyl groups is 1. The fourth-order valence-corrected chi connectivity index (χ4v) is 2.89. The van der Waals surface area contributed by atoms with E-state index in [1.807, 2.05) is 16.8 Å². The van der Waals surface area contributed by atoms with Crippen molar-refractivity contribution in [2.45, 2.75) is 31.3 Å². The van der Waals surface area contributed by atoms with Gasteiger partial charge in [0.2, 0.25) is 5.91 Å². The van der Waals surface area contributed by atoms with Gasteiger partial charge >= 0.3 is 5.97 Å². The molecule has 1 fully saturated rings. The first-order chi connectivity index (χ1) is 9.01. The van der Waals surface area contributed by atoms with Gasteiger partial charge in [-0.15, -0.1) is 0 Å². The molecule has 1 aromatic rings. The Morgan fingerprint density at radius 2 is 2.05 bits per heavy atom. The van der Waals surface area contributed by atoms with Crippen molar-refractivity contribution >= 4 is 23.2 Å². The van der Waals surface area contributed by atoms with Gasteiger partial charge in [-0.25, -0.2) is 4.79 Å². The first kappa shape index (κ1) is 14.0. The zero-order valence-electron chi connectivity index (χ0n) is 10.5. The van der Waals surface area contributed by atoms with Crippen LogP contribution in [0.25, 0.3) is 0 Å². The lowest BCUT2D eigenvalue weighted by Crippen LogP contribution is -2.50. The number of hydrogen-bond donors (Lipinski definition) is 2. The number of hydrogen-bond acceptors (Lipinski definition) is 4. The summed E-state index contributed by atoms with van der Waals surface area (Å²) in [6, 6.07) is 2.00. The molecule has 1 aliphatic rings. The fraction of sp³-hybridized carbons (Fsp3) is 0.538. The van der Waals surface area contributed by atoms with Crippen LogP contribution in [0, 0.1) is 0 Å². The molecule has 0 saturated carbocycles. The number of aliphatic carboxylic acids is 1. The quantitative estimate of drug-likeness (QED) is 0.868. The van der Waals surface area contributed by atoms with Crippen LogP contribution in [-0.4, -0.2) is 45.7 Å². The van der Waals surface area contributed by atoms with Gasteiger partial charge in [0, 0.05) is 32.4 Å². The predicted molar refractivity (Wildman–Crippen MR) is 71.0 cm³/mol. The molecule has 1 saturated heterocycles. The standard InChI is InChI=1S/C13H17NO4S/c15-11(2-1-10-3-8-19-9-10)14-6-4-13(18,5-7-14)12(16)17/h3,8-9,18H,1-2,4-7H2,(H,16,17). The van der Waals surface area contributed by atoms with Gasteiger partial charge in [0.1, 0.15) is 0 Å². The van der Waals surface area contributed by atoms with Crippen molar-refractivity contribution in [3.8, 4) is 0 Å². The van der Waals surface area contributed by atoms with Crippen molar-refractivity contribution in [2.24, 2.45) is 0 Å². The average Bonchev–Trinajstić information content (AvgIpc) is 2.90. The minimum absolute atomic E-state index is 0.0265. The zero-order chi connectivity index (χ0) is 13.9. The molecular formula is C13H17NO4S. The molecule has 0 unspecified atom stereocenters. The third kappa shape index (κ3) is 3.33. The van der Waals surface area contributed by atoms with E-state index in [0.717, 1.165) is 5.56 Å². The average molecular weight is 283 g/mol. The highest BCUT2D eigenvalue weighted by Gasteiger charge is 2.40. The molecule has 0 aliphatic carbocycles. The summed E-state index contributed by atoms with van der Waals surface area (Å²) in [5.41, 5.74) is -0.512. The van der Waals surface area contributed by atoms with Crippen LogP contribution >= 0.6 is 11.3 Å². The van der Waals surface area contributed by atoms with Gasteiger partial charge in [0.25, 0.3) is 0 Å². The molecule has 2 rings (SSSR count). The summed E-state index contributed by atoms with van der Waals surface area (Å²) in [6.07, 6.45) is 1.35. The van der Waals surface area contributed by atoms with Gasteiger partial charge in [-0.2, -0.15) is 11.3 Å². The summed E-state index contributed by atoms with van der Waals surface area (Å²) >= 11 is 1.61. The summed E-state index contributed by atoms with van der Waals surface area (Å²) in [6.45, 7) is 0.622. The Bertz CT molecular complexity index is 449. The van der Waals surface area contributed by atoms with Crippen LogP contribution in [0.2, 0.25) is 0 Å². The molecule has 0 atom stereocenters. The maximum atomic E-state index is 12.0. The van der Waals surface area contributed by atoms with E-state index in [1.165, 1.54) is 0 Å². The van der Waals surface area contributed by atoms with Crippen molar-refractivity contribution in [3.05, 3.63) is 22.4 Å². The Kier molecular flexibility index (Phi) is 4.21. The summed E-state index contributed by atoms with van der Waals surface area (Å²) in [4.78, 5) is 24.5. The number of piperidine rings is 1. The van der Waals surface area contributed by atoms with E-state index in [-0.39, 0.29) is 18.7 Å². The summed E-state index contributed by atoms with van der Waals surface area (Å²) < 4.78 is 0. The van der Waals surface area contributed by atoms with Crippen molar-refractivity contribution in [1.29, 1.82) is 0 Å². The van der Waals surface area contributed by atoms with Crippen LogP contribution in [0.4, 0.5) is 0 Å². The lowest BCUT2D eigenvalue weighted by molar-refractivity contribution is -0.165. The predicted octanol–water partition coefficient (Wildman–Crippen LogP) is 1.12. The number of carboxylic acids is 1. The Hall–Kier alpha value is -1.40. The molecule has 2 heterocycles. The number of aryl methyl sites for hydroxylation is 1. The summed E-state index contributed by atoms with van der Waals surface area (Å²) in [7, 11) is 0. The molecule has 104 valence electrons. The Labute approximate surface area is 115 Å². The van der Waals surface area contributed by atoms with Gasteiger partial charge in [-0.05, 0) is 28.8 Å². The molecule has 6 heteroatoms. The van der Waals surface area contributed by atoms with E-state index < -0.39 is 11.6 Å². The van der Waals surface area contributed by atoms with E-state index in [4.69, 9.17) is 5.11 Å². The highest BCUT2D eigenvalue weighted by molar-refractivity contribution is 7.07. The van der Waals surface area contributed by atoms with Crippen LogP contribution < -0.4 is 0 Å². The number of carboxylic acid groups (broad SMARTS) is 1. The van der Waals surface area contributed by atoms with E-state index in [1.54, 1.807) is 16.2 Å². The van der Waals surface area contributed by atoms with Gasteiger partial charge < -0.3 is 15.1 Å². The Balaban J connectivity index is 1.81. The minimum atomic E-state index is -1.66. The molecule has 0 aromatic carbocycles. The van der Waals surface area contributed by atoms with Crippen LogP contribution in [0.15, 0.2) is 16.8 Å². The number of thiophene rings is 1. The third-order valence-corrected chi connectivity index (χ3v) is 4.28. The molecular weight excluding hydrogens is 266 g/mol. The maximum Gasteiger partial charge on any atom is 0.335 e. The Morgan fingerprint density at radius 1 is 1.37 bits per heavy atom. The molecule has 5 nitrogen and oxygen atoms in total. The van der Waals surface area contributed by atoms with Gasteiger partial charge in [0.15, 0.2) is 5.60 Å². The second-order valence-corrected chi connectivity index (χ2v) is 5.63. The molecule has 0 spiro atoms. The number of likely N-dealkylation sites (tertiary alicyclic amines) is 1. The first-order valence-corrected chi connectivity index (χ1v) is 7.20. The van der Waals surface area contributed by atoms with Gasteiger partial charge in [0.05, 0.1) is 0 Å². The molecule has 2 N–H and O–H groups in total. The molecule has 0 radical (unpaired) electrons. The van der Waals surface area contributed by atoms with Crippen LogP contribution in [0.3, 0.4) is 0 Å². The zero-order valence-corrected chi connectivity index (χ0v) is 11.4. The highest BCUT2D eigenvalue weighted by Crippen LogP contribution is 2.23. The normalized spacial score (nSPS) is 18.3. The number of nitrogens with zero attached hydrogens (tertiary/aromatic N) is 1. The molecule has 19 heavy (non-hydrogen) atoms. The SMILES string of the molecule is O=C(CCc1ccsc1)N1CCC(O)(C(=O)O)CC1. The number of carbonyl (C=O) groups excluding carboxylic acids is 1. The number of carbonyl (C=O) groups is 2. The van der Waals surface area contributed by atoms with E-state index in [9.17, 15) is 14.7 Å². The van der Waals surface area contributed by atoms with E-state index in [0.29, 0.717) is 25.9 Å². The van der Waals surface area contributed by atoms with Crippen molar-refractivity contribution in [1.82, 2.24) is 4.90 Å². The summed E-state index contributed by atoms with van der Waals surface area (Å²) in [5.74, 6) is -1.17. The topological polar surface area (TPSA) is 77.8 Å². The maximum absolute atomic E-state index is 12.0. The second kappa shape index (κ2) is 5.71. The lowest BCUT2D eigenvalue weighted by atomic mass is 9.91. The minimum Gasteiger partial charge on any atom is -0.479 e. The van der Waals surface area contributed by atoms with E-state index in [2.05, 4.69) is 0 Å². The fourth-order valence-electron chi connectivity index (χ4n) is 2.18. The smallest absolute Gasteiger partial charge is 0.335 e.